The van der Waals surface area contributed by atoms with Crippen molar-refractivity contribution in [2.45, 2.75) is 289 Å². The zero-order valence-electron chi connectivity index (χ0n) is 37.2. The molecule has 0 radical (unpaired) electrons. The predicted molar refractivity (Wildman–Crippen MR) is 237 cm³/mol. The zero-order chi connectivity index (χ0) is 40.1. The molecule has 0 fully saturated rings. The monoisotopic (exact) mass is 780 g/mol. The Hall–Kier alpha value is -1.14. The van der Waals surface area contributed by atoms with E-state index < -0.39 is 12.1 Å². The van der Waals surface area contributed by atoms with E-state index in [1.165, 1.54) is 199 Å². The Morgan fingerprint density at radius 3 is 1.11 bits per heavy atom. The van der Waals surface area contributed by atoms with Crippen molar-refractivity contribution in [1.82, 2.24) is 5.32 Å². The first-order chi connectivity index (χ1) is 27.0. The van der Waals surface area contributed by atoms with Crippen LogP contribution in [0, 0.1) is 0 Å². The number of ether oxygens (including phenoxy) is 1. The molecule has 0 rings (SSSR count). The van der Waals surface area contributed by atoms with E-state index in [-0.39, 0.29) is 18.5 Å². The Labute approximate surface area is 343 Å². The van der Waals surface area contributed by atoms with E-state index in [2.05, 4.69) is 19.2 Å². The number of esters is 1. The fourth-order valence-corrected chi connectivity index (χ4v) is 7.82. The third kappa shape index (κ3) is 42.3. The second kappa shape index (κ2) is 45.6. The fraction of sp³-hybridized carbons (Fsp3) is 0.959. The molecule has 0 aliphatic carbocycles. The molecule has 2 unspecified atom stereocenters. The third-order valence-corrected chi connectivity index (χ3v) is 11.7. The van der Waals surface area contributed by atoms with Gasteiger partial charge in [0.1, 0.15) is 0 Å². The average Bonchev–Trinajstić information content (AvgIpc) is 3.18. The Morgan fingerprint density at radius 2 is 0.745 bits per heavy atom. The Bertz CT molecular complexity index is 776. The van der Waals surface area contributed by atoms with Gasteiger partial charge in [-0.2, -0.15) is 0 Å². The molecule has 0 aromatic heterocycles. The van der Waals surface area contributed by atoms with Gasteiger partial charge in [-0.25, -0.2) is 0 Å². The summed E-state index contributed by atoms with van der Waals surface area (Å²) in [6.45, 7) is 4.93. The van der Waals surface area contributed by atoms with Gasteiger partial charge in [-0.05, 0) is 25.7 Å². The molecule has 1 amide bonds. The molecule has 0 saturated carbocycles. The number of rotatable bonds is 46. The van der Waals surface area contributed by atoms with Crippen molar-refractivity contribution in [3.05, 3.63) is 0 Å². The molecule has 0 spiro atoms. The number of unbranched alkanes of at least 4 members (excludes halogenated alkanes) is 35. The van der Waals surface area contributed by atoms with Crippen molar-refractivity contribution in [2.75, 3.05) is 13.2 Å². The zero-order valence-corrected chi connectivity index (χ0v) is 37.2. The standard InChI is InChI=1S/C49H97NO5/c1-3-5-7-9-11-13-21-25-29-33-37-41-47(52)46(45-51)50-48(53)42-38-34-30-26-23-19-17-15-16-18-20-24-28-32-36-40-44-55-49(54)43-39-35-31-27-22-14-12-10-8-6-4-2/h46-47,51-52H,3-45H2,1-2H3,(H,50,53). The quantitative estimate of drug-likeness (QED) is 0.0422. The van der Waals surface area contributed by atoms with Crippen LogP contribution in [0.25, 0.3) is 0 Å². The van der Waals surface area contributed by atoms with Gasteiger partial charge in [0, 0.05) is 12.8 Å². The normalized spacial score (nSPS) is 12.6. The van der Waals surface area contributed by atoms with Crippen molar-refractivity contribution < 1.29 is 24.5 Å². The maximum atomic E-state index is 12.4. The van der Waals surface area contributed by atoms with Crippen LogP contribution in [0.15, 0.2) is 0 Å². The Morgan fingerprint density at radius 1 is 0.436 bits per heavy atom. The lowest BCUT2D eigenvalue weighted by Crippen LogP contribution is -2.45. The van der Waals surface area contributed by atoms with Gasteiger partial charge in [-0.1, -0.05) is 239 Å². The molecular weight excluding hydrogens is 683 g/mol. The minimum Gasteiger partial charge on any atom is -0.466 e. The number of hydrogen-bond donors (Lipinski definition) is 3. The predicted octanol–water partition coefficient (Wildman–Crippen LogP) is 14.4. The van der Waals surface area contributed by atoms with Crippen LogP contribution in [-0.4, -0.2) is 47.4 Å². The molecule has 6 heteroatoms. The summed E-state index contributed by atoms with van der Waals surface area (Å²) in [5.41, 5.74) is 0. The summed E-state index contributed by atoms with van der Waals surface area (Å²) in [5, 5.41) is 23.1. The highest BCUT2D eigenvalue weighted by atomic mass is 16.5. The van der Waals surface area contributed by atoms with Crippen LogP contribution in [0.3, 0.4) is 0 Å². The minimum atomic E-state index is -0.665. The number of amides is 1. The molecule has 2 atom stereocenters. The number of carbonyl (C=O) groups excluding carboxylic acids is 2. The molecule has 0 aromatic rings. The van der Waals surface area contributed by atoms with Gasteiger partial charge >= 0.3 is 5.97 Å². The molecule has 328 valence electrons. The van der Waals surface area contributed by atoms with E-state index in [0.717, 1.165) is 44.9 Å². The van der Waals surface area contributed by atoms with Gasteiger partial charge in [0.2, 0.25) is 5.91 Å². The Kier molecular flexibility index (Phi) is 44.6. The minimum absolute atomic E-state index is 0.00302. The van der Waals surface area contributed by atoms with E-state index in [1.54, 1.807) is 0 Å². The summed E-state index contributed by atoms with van der Waals surface area (Å²) >= 11 is 0. The topological polar surface area (TPSA) is 95.9 Å². The highest BCUT2D eigenvalue weighted by molar-refractivity contribution is 5.76. The van der Waals surface area contributed by atoms with Crippen LogP contribution in [-0.2, 0) is 14.3 Å². The Balaban J connectivity index is 3.41. The van der Waals surface area contributed by atoms with Crippen LogP contribution in [0.4, 0.5) is 0 Å². The second-order valence-electron chi connectivity index (χ2n) is 17.2. The molecule has 0 saturated heterocycles. The number of aliphatic hydroxyl groups excluding tert-OH is 2. The molecule has 0 aliphatic rings. The van der Waals surface area contributed by atoms with Gasteiger partial charge < -0.3 is 20.3 Å². The van der Waals surface area contributed by atoms with Crippen molar-refractivity contribution in [3.8, 4) is 0 Å². The second-order valence-corrected chi connectivity index (χ2v) is 17.2. The molecule has 0 aliphatic heterocycles. The molecule has 0 heterocycles. The van der Waals surface area contributed by atoms with Crippen LogP contribution in [0.2, 0.25) is 0 Å². The molecular formula is C49H97NO5. The van der Waals surface area contributed by atoms with Crippen molar-refractivity contribution in [2.24, 2.45) is 0 Å². The SMILES string of the molecule is CCCCCCCCCCCCCC(=O)OCCCCCCCCCCCCCCCCCCC(=O)NC(CO)C(O)CCCCCCCCCCCCC. The average molecular weight is 780 g/mol. The van der Waals surface area contributed by atoms with Crippen LogP contribution in [0.1, 0.15) is 277 Å². The van der Waals surface area contributed by atoms with Crippen molar-refractivity contribution in [3.63, 3.8) is 0 Å². The van der Waals surface area contributed by atoms with Crippen LogP contribution >= 0.6 is 0 Å². The number of nitrogens with one attached hydrogen (secondary N) is 1. The molecule has 0 aromatic carbocycles. The van der Waals surface area contributed by atoms with E-state index in [4.69, 9.17) is 4.74 Å². The first kappa shape index (κ1) is 53.9. The van der Waals surface area contributed by atoms with Crippen LogP contribution in [0.5, 0.6) is 0 Å². The molecule has 0 bridgehead atoms. The maximum absolute atomic E-state index is 12.4. The van der Waals surface area contributed by atoms with Crippen molar-refractivity contribution in [1.29, 1.82) is 0 Å². The maximum Gasteiger partial charge on any atom is 0.305 e. The number of hydrogen-bond acceptors (Lipinski definition) is 5. The van der Waals surface area contributed by atoms with Crippen molar-refractivity contribution >= 4 is 11.9 Å². The third-order valence-electron chi connectivity index (χ3n) is 11.7. The van der Waals surface area contributed by atoms with Gasteiger partial charge in [0.05, 0.1) is 25.4 Å². The highest BCUT2D eigenvalue weighted by Crippen LogP contribution is 2.17. The van der Waals surface area contributed by atoms with Gasteiger partial charge in [0.25, 0.3) is 0 Å². The first-order valence-corrected chi connectivity index (χ1v) is 24.8. The van der Waals surface area contributed by atoms with Gasteiger partial charge in [0.15, 0.2) is 0 Å². The summed E-state index contributed by atoms with van der Waals surface area (Å²) in [5.74, 6) is -0.0389. The molecule has 6 nitrogen and oxygen atoms in total. The highest BCUT2D eigenvalue weighted by Gasteiger charge is 2.20. The smallest absolute Gasteiger partial charge is 0.305 e. The summed E-state index contributed by atoms with van der Waals surface area (Å²) in [4.78, 5) is 24.4. The fourth-order valence-electron chi connectivity index (χ4n) is 7.82. The molecule has 55 heavy (non-hydrogen) atoms. The van der Waals surface area contributed by atoms with E-state index >= 15 is 0 Å². The lowest BCUT2D eigenvalue weighted by molar-refractivity contribution is -0.143. The van der Waals surface area contributed by atoms with E-state index in [0.29, 0.717) is 25.9 Å². The van der Waals surface area contributed by atoms with E-state index in [1.807, 2.05) is 0 Å². The summed E-state index contributed by atoms with van der Waals surface area (Å²) < 4.78 is 5.45. The summed E-state index contributed by atoms with van der Waals surface area (Å²) in [7, 11) is 0. The lowest BCUT2D eigenvalue weighted by Gasteiger charge is -2.22. The number of aliphatic hydroxyl groups is 2. The first-order valence-electron chi connectivity index (χ1n) is 24.8. The number of carbonyl (C=O) groups is 2. The van der Waals surface area contributed by atoms with Crippen LogP contribution < -0.4 is 5.32 Å². The van der Waals surface area contributed by atoms with E-state index in [9.17, 15) is 19.8 Å². The summed E-state index contributed by atoms with van der Waals surface area (Å²) in [6, 6.07) is -0.543. The lowest BCUT2D eigenvalue weighted by atomic mass is 10.0. The largest absolute Gasteiger partial charge is 0.466 e. The molecule has 3 N–H and O–H groups in total. The van der Waals surface area contributed by atoms with Gasteiger partial charge in [-0.15, -0.1) is 0 Å². The summed E-state index contributed by atoms with van der Waals surface area (Å²) in [6.07, 6.45) is 49.2. The van der Waals surface area contributed by atoms with Gasteiger partial charge in [-0.3, -0.25) is 9.59 Å².